The molecule has 2 heterocycles. The topological polar surface area (TPSA) is 119 Å². The predicted molar refractivity (Wildman–Crippen MR) is 128 cm³/mol. The zero-order chi connectivity index (χ0) is 23.8. The first kappa shape index (κ1) is 22.3. The van der Waals surface area contributed by atoms with Crippen LogP contribution in [-0.4, -0.2) is 31.7 Å². The van der Waals surface area contributed by atoms with Crippen LogP contribution in [0.1, 0.15) is 44.1 Å². The number of phenols is 2. The van der Waals surface area contributed by atoms with Gasteiger partial charge in [0, 0.05) is 34.8 Å². The summed E-state index contributed by atoms with van der Waals surface area (Å²) in [6.07, 6.45) is 3.95. The van der Waals surface area contributed by atoms with Gasteiger partial charge in [-0.25, -0.2) is 4.98 Å². The number of nitrogens with zero attached hydrogens (tertiary/aromatic N) is 2. The minimum Gasteiger partial charge on any atom is -0.504 e. The third kappa shape index (κ3) is 4.39. The smallest absolute Gasteiger partial charge is 0.261 e. The Kier molecular flexibility index (Phi) is 5.80. The highest BCUT2D eigenvalue weighted by Crippen LogP contribution is 2.34. The van der Waals surface area contributed by atoms with Crippen molar-refractivity contribution < 1.29 is 19.7 Å². The molecule has 0 bridgehead atoms. The molecule has 0 fully saturated rings. The fourth-order valence-electron chi connectivity index (χ4n) is 3.81. The molecule has 1 amide bonds. The van der Waals surface area contributed by atoms with Crippen LogP contribution in [0.15, 0.2) is 48.7 Å². The number of hydrogen-bond donors (Lipinski definition) is 3. The molecule has 33 heavy (non-hydrogen) atoms. The van der Waals surface area contributed by atoms with Crippen molar-refractivity contribution in [3.63, 3.8) is 0 Å². The van der Waals surface area contributed by atoms with Gasteiger partial charge in [-0.15, -0.1) is 0 Å². The normalized spacial score (nSPS) is 11.7. The molecule has 4 N–H and O–H groups in total. The van der Waals surface area contributed by atoms with Crippen LogP contribution < -0.4 is 10.5 Å². The van der Waals surface area contributed by atoms with Crippen molar-refractivity contribution in [3.05, 3.63) is 65.6 Å². The molecule has 0 spiro atoms. The Labute approximate surface area is 191 Å². The molecule has 4 rings (SSSR count). The molecule has 0 saturated carbocycles. The van der Waals surface area contributed by atoms with Crippen LogP contribution in [0.2, 0.25) is 0 Å². The second-order valence-corrected chi connectivity index (χ2v) is 8.65. The molecule has 170 valence electrons. The van der Waals surface area contributed by atoms with Crippen LogP contribution in [0.5, 0.6) is 17.2 Å². The van der Waals surface area contributed by atoms with Crippen molar-refractivity contribution in [3.8, 4) is 17.2 Å². The Bertz CT molecular complexity index is 1370. The molecule has 2 aromatic heterocycles. The van der Waals surface area contributed by atoms with Crippen LogP contribution in [-0.2, 0) is 17.6 Å². The number of para-hydroxylation sites is 1. The highest BCUT2D eigenvalue weighted by Gasteiger charge is 2.28. The number of aromatic hydroxyl groups is 2. The largest absolute Gasteiger partial charge is 0.504 e. The molecule has 4 aromatic rings. The number of aryl methyl sites for hydroxylation is 1. The fourth-order valence-corrected chi connectivity index (χ4v) is 3.81. The summed E-state index contributed by atoms with van der Waals surface area (Å²) in [7, 11) is 0. The number of carbonyl (C=O) groups is 1. The number of pyridine rings is 2. The highest BCUT2D eigenvalue weighted by atomic mass is 16.5. The zero-order valence-electron chi connectivity index (χ0n) is 18.9. The minimum atomic E-state index is -1.18. The van der Waals surface area contributed by atoms with Gasteiger partial charge in [0.25, 0.3) is 5.91 Å². The van der Waals surface area contributed by atoms with Crippen molar-refractivity contribution in [2.24, 2.45) is 5.73 Å². The molecule has 0 radical (unpaired) electrons. The molecule has 0 aliphatic heterocycles. The van der Waals surface area contributed by atoms with E-state index in [1.54, 1.807) is 38.2 Å². The van der Waals surface area contributed by atoms with E-state index in [0.717, 1.165) is 46.0 Å². The van der Waals surface area contributed by atoms with Gasteiger partial charge < -0.3 is 20.7 Å². The Morgan fingerprint density at radius 3 is 2.52 bits per heavy atom. The van der Waals surface area contributed by atoms with Gasteiger partial charge in [-0.3, -0.25) is 9.78 Å². The number of aromatic nitrogens is 2. The van der Waals surface area contributed by atoms with E-state index >= 15 is 0 Å². The SMILES string of the molecule is CCCc1ncc(Cc2ccc3cccc(OC(C)(C)C(N)=O)c3n2)c2cc(O)c(O)cc12. The summed E-state index contributed by atoms with van der Waals surface area (Å²) >= 11 is 0. The lowest BCUT2D eigenvalue weighted by Crippen LogP contribution is -2.43. The number of benzene rings is 2. The zero-order valence-corrected chi connectivity index (χ0v) is 18.9. The van der Waals surface area contributed by atoms with Gasteiger partial charge in [-0.1, -0.05) is 31.5 Å². The number of rotatable bonds is 7. The first-order chi connectivity index (χ1) is 15.7. The van der Waals surface area contributed by atoms with E-state index in [1.807, 2.05) is 24.3 Å². The number of ether oxygens (including phenoxy) is 1. The Balaban J connectivity index is 1.78. The van der Waals surface area contributed by atoms with E-state index in [0.29, 0.717) is 17.7 Å². The maximum absolute atomic E-state index is 11.8. The number of carbonyl (C=O) groups excluding carboxylic acids is 1. The summed E-state index contributed by atoms with van der Waals surface area (Å²) in [6, 6.07) is 12.6. The van der Waals surface area contributed by atoms with Crippen molar-refractivity contribution in [1.29, 1.82) is 0 Å². The van der Waals surface area contributed by atoms with Crippen molar-refractivity contribution in [2.75, 3.05) is 0 Å². The van der Waals surface area contributed by atoms with Gasteiger partial charge in [0.05, 0.1) is 0 Å². The monoisotopic (exact) mass is 445 g/mol. The lowest BCUT2D eigenvalue weighted by molar-refractivity contribution is -0.130. The van der Waals surface area contributed by atoms with E-state index in [9.17, 15) is 15.0 Å². The number of phenolic OH excluding ortho intramolecular Hbond substituents is 2. The molecule has 0 saturated heterocycles. The molecule has 0 aliphatic carbocycles. The average molecular weight is 446 g/mol. The van der Waals surface area contributed by atoms with Crippen molar-refractivity contribution in [2.45, 2.75) is 45.6 Å². The maximum atomic E-state index is 11.8. The first-order valence-electron chi connectivity index (χ1n) is 10.9. The lowest BCUT2D eigenvalue weighted by atomic mass is 9.99. The van der Waals surface area contributed by atoms with Gasteiger partial charge in [-0.2, -0.15) is 0 Å². The number of amides is 1. The number of hydrogen-bond acceptors (Lipinski definition) is 6. The standard InChI is InChI=1S/C26H27N3O4/c1-4-6-20-19-13-22(31)21(30)12-18(19)16(14-28-20)11-17-10-9-15-7-5-8-23(24(15)29-17)33-26(2,3)25(27)32/h5,7-10,12-14,30-31H,4,6,11H2,1-3H3,(H2,27,32). The summed E-state index contributed by atoms with van der Waals surface area (Å²) in [6.45, 7) is 5.31. The molecule has 7 heteroatoms. The number of primary amides is 1. The maximum Gasteiger partial charge on any atom is 0.261 e. The van der Waals surface area contributed by atoms with E-state index < -0.39 is 11.5 Å². The molecule has 7 nitrogen and oxygen atoms in total. The summed E-state index contributed by atoms with van der Waals surface area (Å²) in [5, 5.41) is 22.7. The molecule has 2 aromatic carbocycles. The number of fused-ring (bicyclic) bond motifs is 2. The van der Waals surface area contributed by atoms with Gasteiger partial charge in [0.15, 0.2) is 17.1 Å². The van der Waals surface area contributed by atoms with Gasteiger partial charge in [-0.05, 0) is 55.5 Å². The third-order valence-corrected chi connectivity index (χ3v) is 5.71. The van der Waals surface area contributed by atoms with Crippen LogP contribution in [0.25, 0.3) is 21.7 Å². The summed E-state index contributed by atoms with van der Waals surface area (Å²) in [4.78, 5) is 21.2. The molecule has 0 unspecified atom stereocenters. The lowest BCUT2D eigenvalue weighted by Gasteiger charge is -2.23. The summed E-state index contributed by atoms with van der Waals surface area (Å²) < 4.78 is 5.91. The Morgan fingerprint density at radius 1 is 1.09 bits per heavy atom. The second kappa shape index (κ2) is 8.58. The van der Waals surface area contributed by atoms with Gasteiger partial charge >= 0.3 is 0 Å². The Morgan fingerprint density at radius 2 is 1.82 bits per heavy atom. The Hall–Kier alpha value is -3.87. The van der Waals surface area contributed by atoms with Crippen molar-refractivity contribution in [1.82, 2.24) is 9.97 Å². The van der Waals surface area contributed by atoms with E-state index in [4.69, 9.17) is 15.5 Å². The quantitative estimate of drug-likeness (QED) is 0.363. The van der Waals surface area contributed by atoms with Crippen LogP contribution >= 0.6 is 0 Å². The van der Waals surface area contributed by atoms with E-state index in [1.165, 1.54) is 0 Å². The second-order valence-electron chi connectivity index (χ2n) is 8.65. The molecule has 0 atom stereocenters. The van der Waals surface area contributed by atoms with Crippen LogP contribution in [0.4, 0.5) is 0 Å². The first-order valence-corrected chi connectivity index (χ1v) is 10.9. The summed E-state index contributed by atoms with van der Waals surface area (Å²) in [5.41, 5.74) is 7.45. The highest BCUT2D eigenvalue weighted by molar-refractivity contribution is 5.91. The van der Waals surface area contributed by atoms with Crippen LogP contribution in [0.3, 0.4) is 0 Å². The predicted octanol–water partition coefficient (Wildman–Crippen LogP) is 4.38. The number of nitrogens with two attached hydrogens (primary N) is 1. The van der Waals surface area contributed by atoms with Gasteiger partial charge in [0.1, 0.15) is 11.3 Å². The van der Waals surface area contributed by atoms with Crippen molar-refractivity contribution >= 4 is 27.6 Å². The van der Waals surface area contributed by atoms with Gasteiger partial charge in [0.2, 0.25) is 0 Å². The average Bonchev–Trinajstić information content (AvgIpc) is 2.77. The van der Waals surface area contributed by atoms with Crippen LogP contribution in [0, 0.1) is 0 Å². The molecular weight excluding hydrogens is 418 g/mol. The summed E-state index contributed by atoms with van der Waals surface area (Å²) in [5.74, 6) is -0.430. The third-order valence-electron chi connectivity index (χ3n) is 5.71. The van der Waals surface area contributed by atoms with E-state index in [-0.39, 0.29) is 11.5 Å². The molecule has 0 aliphatic rings. The fraction of sp³-hybridized carbons (Fsp3) is 0.269. The minimum absolute atomic E-state index is 0.165. The molecular formula is C26H27N3O4. The van der Waals surface area contributed by atoms with E-state index in [2.05, 4.69) is 11.9 Å².